The van der Waals surface area contributed by atoms with Crippen LogP contribution in [-0.4, -0.2) is 29.7 Å². The Kier molecular flexibility index (Phi) is 5.28. The summed E-state index contributed by atoms with van der Waals surface area (Å²) in [5.74, 6) is 0. The Balaban J connectivity index is 1.49. The van der Waals surface area contributed by atoms with Crippen LogP contribution >= 0.6 is 7.60 Å². The van der Waals surface area contributed by atoms with Crippen LogP contribution in [0.15, 0.2) is 97.3 Å². The van der Waals surface area contributed by atoms with Crippen LogP contribution in [-0.2, 0) is 4.57 Å². The molecule has 39 heavy (non-hydrogen) atoms. The lowest BCUT2D eigenvalue weighted by Gasteiger charge is -2.16. The van der Waals surface area contributed by atoms with Crippen LogP contribution in [0, 0.1) is 6.92 Å². The van der Waals surface area contributed by atoms with Gasteiger partial charge in [-0.1, -0.05) is 48.5 Å². The van der Waals surface area contributed by atoms with E-state index in [1.807, 2.05) is 73.7 Å². The second-order valence-corrected chi connectivity index (χ2v) is 11.1. The molecule has 7 aromatic rings. The number of aromatic nitrogens is 4. The van der Waals surface area contributed by atoms with Crippen LogP contribution in [0.2, 0.25) is 0 Å². The van der Waals surface area contributed by atoms with Gasteiger partial charge in [-0.15, -0.1) is 0 Å². The molecule has 0 aliphatic carbocycles. The number of aryl methyl sites for hydroxylation is 1. The fourth-order valence-corrected chi connectivity index (χ4v) is 6.02. The van der Waals surface area contributed by atoms with Crippen LogP contribution in [0.5, 0.6) is 0 Å². The Labute approximate surface area is 223 Å². The summed E-state index contributed by atoms with van der Waals surface area (Å²) < 4.78 is 12.7. The maximum atomic E-state index is 12.7. The predicted molar refractivity (Wildman–Crippen MR) is 155 cm³/mol. The highest BCUT2D eigenvalue weighted by molar-refractivity contribution is 7.60. The molecule has 0 aliphatic rings. The molecule has 0 spiro atoms. The van der Waals surface area contributed by atoms with Gasteiger partial charge in [0.05, 0.1) is 38.8 Å². The summed E-state index contributed by atoms with van der Waals surface area (Å²) in [4.78, 5) is 39.5. The van der Waals surface area contributed by atoms with Crippen molar-refractivity contribution in [1.82, 2.24) is 19.9 Å². The van der Waals surface area contributed by atoms with Gasteiger partial charge in [-0.05, 0) is 48.9 Å². The van der Waals surface area contributed by atoms with E-state index in [0.717, 1.165) is 43.7 Å². The average Bonchev–Trinajstić information content (AvgIpc) is 2.96. The third-order valence-electron chi connectivity index (χ3n) is 7.07. The van der Waals surface area contributed by atoms with Crippen molar-refractivity contribution in [1.29, 1.82) is 0 Å². The van der Waals surface area contributed by atoms with Gasteiger partial charge in [0, 0.05) is 45.1 Å². The molecule has 0 radical (unpaired) electrons. The molecule has 188 valence electrons. The first kappa shape index (κ1) is 23.6. The molecule has 0 saturated heterocycles. The second kappa shape index (κ2) is 8.75. The van der Waals surface area contributed by atoms with Gasteiger partial charge in [0.2, 0.25) is 0 Å². The molecule has 3 aromatic carbocycles. The van der Waals surface area contributed by atoms with E-state index >= 15 is 0 Å². The Morgan fingerprint density at radius 3 is 1.56 bits per heavy atom. The number of hydrogen-bond donors (Lipinski definition) is 2. The summed E-state index contributed by atoms with van der Waals surface area (Å²) >= 11 is 0. The molecule has 7 nitrogen and oxygen atoms in total. The summed E-state index contributed by atoms with van der Waals surface area (Å²) in [6.07, 6.45) is 3.46. The normalized spacial score (nSPS) is 12.1. The van der Waals surface area contributed by atoms with Gasteiger partial charge < -0.3 is 9.79 Å². The minimum atomic E-state index is -4.63. The quantitative estimate of drug-likeness (QED) is 0.204. The molecule has 0 atom stereocenters. The minimum Gasteiger partial charge on any atom is -0.321 e. The van der Waals surface area contributed by atoms with E-state index in [0.29, 0.717) is 28.0 Å². The van der Waals surface area contributed by atoms with Crippen LogP contribution in [0.3, 0.4) is 0 Å². The standard InChI is InChI=1S/C31H21N4O3P/c1-18-16-27(39(36,37)38)24(26-13-11-22-9-7-20-5-3-15-33-29(20)31(22)35-26)17-23(18)25-12-10-21-8-6-19-4-2-14-32-28(19)30(21)34-25/h2-17H,1H3,(H2,36,37,38). The summed E-state index contributed by atoms with van der Waals surface area (Å²) in [6, 6.07) is 26.7. The van der Waals surface area contributed by atoms with Crippen molar-refractivity contribution in [3.8, 4) is 22.5 Å². The first-order chi connectivity index (χ1) is 18.9. The molecule has 0 amide bonds. The molecule has 8 heteroatoms. The molecule has 0 unspecified atom stereocenters. The van der Waals surface area contributed by atoms with E-state index in [4.69, 9.17) is 9.97 Å². The number of rotatable bonds is 3. The highest BCUT2D eigenvalue weighted by atomic mass is 31.2. The van der Waals surface area contributed by atoms with Crippen molar-refractivity contribution in [2.75, 3.05) is 0 Å². The monoisotopic (exact) mass is 528 g/mol. The zero-order chi connectivity index (χ0) is 26.7. The first-order valence-electron chi connectivity index (χ1n) is 12.4. The van der Waals surface area contributed by atoms with Gasteiger partial charge in [0.25, 0.3) is 0 Å². The summed E-state index contributed by atoms with van der Waals surface area (Å²) in [5, 5.41) is 3.72. The van der Waals surface area contributed by atoms with E-state index in [-0.39, 0.29) is 5.30 Å². The van der Waals surface area contributed by atoms with Crippen molar-refractivity contribution in [2.45, 2.75) is 6.92 Å². The van der Waals surface area contributed by atoms with Crippen LogP contribution in [0.4, 0.5) is 0 Å². The predicted octanol–water partition coefficient (Wildman–Crippen LogP) is 6.32. The maximum Gasteiger partial charge on any atom is 0.356 e. The summed E-state index contributed by atoms with van der Waals surface area (Å²) in [7, 11) is -4.63. The Bertz CT molecular complexity index is 2160. The van der Waals surface area contributed by atoms with E-state index in [1.54, 1.807) is 30.6 Å². The van der Waals surface area contributed by atoms with Crippen LogP contribution in [0.1, 0.15) is 5.56 Å². The van der Waals surface area contributed by atoms with Crippen molar-refractivity contribution < 1.29 is 14.4 Å². The first-order valence-corrected chi connectivity index (χ1v) is 14.0. The van der Waals surface area contributed by atoms with Gasteiger partial charge in [0.1, 0.15) is 0 Å². The molecule has 2 N–H and O–H groups in total. The second-order valence-electron chi connectivity index (χ2n) is 9.55. The molecule has 0 bridgehead atoms. The van der Waals surface area contributed by atoms with E-state index in [2.05, 4.69) is 9.97 Å². The molecule has 7 rings (SSSR count). The smallest absolute Gasteiger partial charge is 0.321 e. The van der Waals surface area contributed by atoms with E-state index in [9.17, 15) is 14.4 Å². The lowest BCUT2D eigenvalue weighted by Crippen LogP contribution is -2.11. The molecule has 0 aliphatic heterocycles. The highest BCUT2D eigenvalue weighted by Gasteiger charge is 2.25. The van der Waals surface area contributed by atoms with Gasteiger partial charge in [0.15, 0.2) is 0 Å². The fourth-order valence-electron chi connectivity index (χ4n) is 5.16. The summed E-state index contributed by atoms with van der Waals surface area (Å²) in [5.41, 5.74) is 5.93. The van der Waals surface area contributed by atoms with Crippen molar-refractivity contribution >= 4 is 56.5 Å². The topological polar surface area (TPSA) is 109 Å². The Morgan fingerprint density at radius 2 is 1.05 bits per heavy atom. The lowest BCUT2D eigenvalue weighted by atomic mass is 9.98. The van der Waals surface area contributed by atoms with Crippen molar-refractivity contribution in [2.24, 2.45) is 0 Å². The minimum absolute atomic E-state index is 0.0725. The highest BCUT2D eigenvalue weighted by Crippen LogP contribution is 2.41. The zero-order valence-corrected chi connectivity index (χ0v) is 21.7. The average molecular weight is 529 g/mol. The molecule has 4 heterocycles. The number of pyridine rings is 4. The maximum absolute atomic E-state index is 12.7. The fraction of sp³-hybridized carbons (Fsp3) is 0.0323. The zero-order valence-electron chi connectivity index (χ0n) is 20.8. The van der Waals surface area contributed by atoms with E-state index < -0.39 is 7.60 Å². The Morgan fingerprint density at radius 1 is 0.590 bits per heavy atom. The molecular formula is C31H21N4O3P. The number of hydrogen-bond acceptors (Lipinski definition) is 5. The largest absolute Gasteiger partial charge is 0.356 e. The summed E-state index contributed by atoms with van der Waals surface area (Å²) in [6.45, 7) is 1.83. The molecule has 4 aromatic heterocycles. The molecule has 0 fully saturated rings. The number of benzene rings is 3. The SMILES string of the molecule is Cc1cc(P(=O)(O)O)c(-c2ccc3ccc4cccnc4c3n2)cc1-c1ccc2ccc3cccnc3c2n1. The van der Waals surface area contributed by atoms with Crippen LogP contribution in [0.25, 0.3) is 66.1 Å². The van der Waals surface area contributed by atoms with Gasteiger partial charge in [-0.25, -0.2) is 9.97 Å². The molecule has 0 saturated carbocycles. The number of nitrogens with zero attached hydrogens (tertiary/aromatic N) is 4. The third-order valence-corrected chi connectivity index (χ3v) is 8.07. The lowest BCUT2D eigenvalue weighted by molar-refractivity contribution is 0.387. The van der Waals surface area contributed by atoms with Crippen LogP contribution < -0.4 is 5.30 Å². The van der Waals surface area contributed by atoms with Crippen molar-refractivity contribution in [3.05, 3.63) is 103 Å². The van der Waals surface area contributed by atoms with Gasteiger partial charge in [-0.2, -0.15) is 0 Å². The van der Waals surface area contributed by atoms with Gasteiger partial charge in [-0.3, -0.25) is 14.5 Å². The Hall–Kier alpha value is -4.55. The number of fused-ring (bicyclic) bond motifs is 6. The molecular weight excluding hydrogens is 507 g/mol. The van der Waals surface area contributed by atoms with E-state index in [1.165, 1.54) is 0 Å². The third kappa shape index (κ3) is 3.96. The van der Waals surface area contributed by atoms with Crippen molar-refractivity contribution in [3.63, 3.8) is 0 Å². The van der Waals surface area contributed by atoms with Gasteiger partial charge >= 0.3 is 7.60 Å².